The van der Waals surface area contributed by atoms with Gasteiger partial charge in [-0.1, -0.05) is 24.2 Å². The third kappa shape index (κ3) is 5.46. The van der Waals surface area contributed by atoms with Crippen LogP contribution in [0.5, 0.6) is 0 Å². The second-order valence-corrected chi connectivity index (χ2v) is 1.32. The second kappa shape index (κ2) is 4.62. The van der Waals surface area contributed by atoms with E-state index in [1.807, 2.05) is 6.92 Å². The lowest BCUT2D eigenvalue weighted by atomic mass is 9.92. The van der Waals surface area contributed by atoms with Crippen molar-refractivity contribution in [3.63, 3.8) is 0 Å². The molecule has 0 amide bonds. The summed E-state index contributed by atoms with van der Waals surface area (Å²) in [5.74, 6) is 1.28. The Bertz CT molecular complexity index is 96.6. The van der Waals surface area contributed by atoms with Crippen LogP contribution in [0, 0.1) is 0 Å². The highest BCUT2D eigenvalue weighted by Gasteiger charge is 1.94. The lowest BCUT2D eigenvalue weighted by Gasteiger charge is -1.80. The third-order valence-corrected chi connectivity index (χ3v) is 0.587. The van der Waals surface area contributed by atoms with Gasteiger partial charge in [-0.05, 0) is 6.92 Å². The summed E-state index contributed by atoms with van der Waals surface area (Å²) in [6.45, 7) is 1.86. The van der Waals surface area contributed by atoms with Crippen molar-refractivity contribution in [1.29, 1.82) is 0 Å². The molecule has 0 unspecified atom stereocenters. The molecule has 0 aliphatic rings. The first-order valence-corrected chi connectivity index (χ1v) is 2.43. The van der Waals surface area contributed by atoms with E-state index >= 15 is 0 Å². The quantitative estimate of drug-likeness (QED) is 0.393. The van der Waals surface area contributed by atoms with Crippen molar-refractivity contribution in [1.82, 2.24) is 0 Å². The highest BCUT2D eigenvalue weighted by atomic mass is 16.4. The lowest BCUT2D eigenvalue weighted by molar-refractivity contribution is 0.424. The van der Waals surface area contributed by atoms with Gasteiger partial charge in [-0.2, -0.15) is 0 Å². The van der Waals surface area contributed by atoms with Crippen molar-refractivity contribution in [2.75, 3.05) is 0 Å². The van der Waals surface area contributed by atoms with Gasteiger partial charge in [0, 0.05) is 0 Å². The van der Waals surface area contributed by atoms with Gasteiger partial charge in [0.05, 0.1) is 0 Å². The second-order valence-electron chi connectivity index (χ2n) is 1.32. The fraction of sp³-hybridized carbons (Fsp3) is 0.200. The fourth-order valence-corrected chi connectivity index (χ4v) is 0.275. The Morgan fingerprint density at radius 1 is 1.25 bits per heavy atom. The van der Waals surface area contributed by atoms with Crippen LogP contribution in [-0.2, 0) is 0 Å². The van der Waals surface area contributed by atoms with Crippen molar-refractivity contribution in [3.05, 3.63) is 24.2 Å². The third-order valence-electron chi connectivity index (χ3n) is 0.587. The average molecular weight is 112 g/mol. The summed E-state index contributed by atoms with van der Waals surface area (Å²) in [6, 6.07) is 0. The molecular weight excluding hydrogens is 103 g/mol. The summed E-state index contributed by atoms with van der Waals surface area (Å²) >= 11 is 0. The van der Waals surface area contributed by atoms with Gasteiger partial charge >= 0.3 is 7.12 Å². The SMILES string of the molecule is CC=CC=CB(O)O. The Morgan fingerprint density at radius 2 is 1.88 bits per heavy atom. The van der Waals surface area contributed by atoms with E-state index in [1.54, 1.807) is 18.2 Å². The van der Waals surface area contributed by atoms with Gasteiger partial charge in [-0.15, -0.1) is 0 Å². The van der Waals surface area contributed by atoms with Crippen LogP contribution < -0.4 is 0 Å². The van der Waals surface area contributed by atoms with Gasteiger partial charge in [0.25, 0.3) is 0 Å². The van der Waals surface area contributed by atoms with Crippen molar-refractivity contribution < 1.29 is 10.0 Å². The van der Waals surface area contributed by atoms with Crippen LogP contribution in [0.1, 0.15) is 6.92 Å². The predicted molar refractivity (Wildman–Crippen MR) is 34.1 cm³/mol. The lowest BCUT2D eigenvalue weighted by Crippen LogP contribution is -2.04. The van der Waals surface area contributed by atoms with Gasteiger partial charge in [0.15, 0.2) is 0 Å². The average Bonchev–Trinajstić information content (AvgIpc) is 1.66. The van der Waals surface area contributed by atoms with Crippen molar-refractivity contribution in [3.8, 4) is 0 Å². The zero-order chi connectivity index (χ0) is 6.41. The number of rotatable bonds is 2. The maximum absolute atomic E-state index is 8.21. The fourth-order valence-electron chi connectivity index (χ4n) is 0.275. The molecule has 0 saturated carbocycles. The predicted octanol–water partition coefficient (Wildman–Crippen LogP) is 0.131. The number of hydrogen-bond acceptors (Lipinski definition) is 2. The van der Waals surface area contributed by atoms with Crippen LogP contribution in [0.15, 0.2) is 24.2 Å². The van der Waals surface area contributed by atoms with E-state index in [2.05, 4.69) is 0 Å². The summed E-state index contributed by atoms with van der Waals surface area (Å²) in [5, 5.41) is 16.4. The molecule has 0 aromatic rings. The number of allylic oxidation sites excluding steroid dienone is 3. The van der Waals surface area contributed by atoms with E-state index in [0.29, 0.717) is 0 Å². The van der Waals surface area contributed by atoms with Crippen LogP contribution in [0.25, 0.3) is 0 Å². The van der Waals surface area contributed by atoms with Gasteiger partial charge < -0.3 is 10.0 Å². The smallest absolute Gasteiger partial charge is 0.424 e. The summed E-state index contributed by atoms with van der Waals surface area (Å²) < 4.78 is 0. The van der Waals surface area contributed by atoms with Crippen LogP contribution >= 0.6 is 0 Å². The summed E-state index contributed by atoms with van der Waals surface area (Å²) in [6.07, 6.45) is 5.10. The molecule has 0 aliphatic carbocycles. The molecule has 0 spiro atoms. The monoisotopic (exact) mass is 112 g/mol. The molecule has 44 valence electrons. The minimum absolute atomic E-state index is 1.28. The van der Waals surface area contributed by atoms with Crippen molar-refractivity contribution >= 4 is 7.12 Å². The van der Waals surface area contributed by atoms with E-state index in [9.17, 15) is 0 Å². The van der Waals surface area contributed by atoms with E-state index in [4.69, 9.17) is 10.0 Å². The van der Waals surface area contributed by atoms with Crippen LogP contribution in [0.3, 0.4) is 0 Å². The maximum Gasteiger partial charge on any atom is 0.480 e. The van der Waals surface area contributed by atoms with E-state index in [-0.39, 0.29) is 0 Å². The van der Waals surface area contributed by atoms with Gasteiger partial charge in [0.2, 0.25) is 0 Å². The molecule has 0 bridgehead atoms. The molecule has 2 N–H and O–H groups in total. The molecule has 0 rings (SSSR count). The molecule has 8 heavy (non-hydrogen) atoms. The molecule has 0 saturated heterocycles. The summed E-state index contributed by atoms with van der Waals surface area (Å²) in [7, 11) is -1.33. The normalized spacial score (nSPS) is 11.4. The van der Waals surface area contributed by atoms with Gasteiger partial charge in [-0.3, -0.25) is 0 Å². The van der Waals surface area contributed by atoms with E-state index < -0.39 is 7.12 Å². The Labute approximate surface area is 49.3 Å². The Balaban J connectivity index is 3.34. The molecule has 0 atom stereocenters. The zero-order valence-corrected chi connectivity index (χ0v) is 4.78. The maximum atomic E-state index is 8.21. The Hall–Kier alpha value is -0.535. The highest BCUT2D eigenvalue weighted by molar-refractivity contribution is 6.47. The molecule has 0 aromatic heterocycles. The Morgan fingerprint density at radius 3 is 2.25 bits per heavy atom. The first kappa shape index (κ1) is 7.46. The summed E-state index contributed by atoms with van der Waals surface area (Å²) in [5.41, 5.74) is 0. The van der Waals surface area contributed by atoms with Gasteiger partial charge in [-0.25, -0.2) is 0 Å². The minimum atomic E-state index is -1.33. The van der Waals surface area contributed by atoms with Crippen molar-refractivity contribution in [2.24, 2.45) is 0 Å². The topological polar surface area (TPSA) is 40.5 Å². The minimum Gasteiger partial charge on any atom is -0.424 e. The van der Waals surface area contributed by atoms with Crippen LogP contribution in [0.4, 0.5) is 0 Å². The molecular formula is C5H9BO2. The number of hydrogen-bond donors (Lipinski definition) is 2. The standard InChI is InChI=1S/C5H9BO2/c1-2-3-4-5-6(7)8/h2-5,7-8H,1H3. The highest BCUT2D eigenvalue weighted by Crippen LogP contribution is 1.76. The molecule has 0 heterocycles. The van der Waals surface area contributed by atoms with Crippen LogP contribution in [0.2, 0.25) is 0 Å². The summed E-state index contributed by atoms with van der Waals surface area (Å²) in [4.78, 5) is 0. The zero-order valence-electron chi connectivity index (χ0n) is 4.78. The first-order valence-electron chi connectivity index (χ1n) is 2.43. The molecule has 2 nitrogen and oxygen atoms in total. The molecule has 0 radical (unpaired) electrons. The largest absolute Gasteiger partial charge is 0.480 e. The molecule has 0 aliphatic heterocycles. The van der Waals surface area contributed by atoms with Gasteiger partial charge in [0.1, 0.15) is 0 Å². The molecule has 3 heteroatoms. The van der Waals surface area contributed by atoms with Crippen LogP contribution in [-0.4, -0.2) is 17.2 Å². The van der Waals surface area contributed by atoms with Crippen molar-refractivity contribution in [2.45, 2.75) is 6.92 Å². The first-order chi connectivity index (χ1) is 3.77. The molecule has 0 aromatic carbocycles. The Kier molecular flexibility index (Phi) is 4.31. The van der Waals surface area contributed by atoms with E-state index in [1.165, 1.54) is 5.98 Å². The van der Waals surface area contributed by atoms with E-state index in [0.717, 1.165) is 0 Å². The molecule has 0 fully saturated rings.